The second-order valence-corrected chi connectivity index (χ2v) is 18.8. The number of allylic oxidation sites excluding steroid dienone is 4. The SMILES string of the molecule is C1=CCC2C(=C1)C(c1ccccc1)(c1ccccc1)c1ccc(N(c3ccc(-c4ccccc4)cc3)c3ccc(-n4c5c6ccccc6sc5c5sc6ccccc6c54)cc3)cc12. The lowest BCUT2D eigenvalue weighted by molar-refractivity contribution is 0.693. The average Bonchev–Trinajstić information content (AvgIpc) is 4.09. The molecule has 0 saturated carbocycles. The molecule has 298 valence electrons. The summed E-state index contributed by atoms with van der Waals surface area (Å²) in [5.41, 5.74) is 16.0. The van der Waals surface area contributed by atoms with Gasteiger partial charge in [0.25, 0.3) is 0 Å². The number of fused-ring (bicyclic) bond motifs is 10. The van der Waals surface area contributed by atoms with Crippen molar-refractivity contribution in [2.75, 3.05) is 4.90 Å². The molecule has 0 spiro atoms. The zero-order chi connectivity index (χ0) is 41.5. The van der Waals surface area contributed by atoms with Crippen LogP contribution < -0.4 is 4.90 Å². The first-order valence-corrected chi connectivity index (χ1v) is 23.4. The highest BCUT2D eigenvalue weighted by molar-refractivity contribution is 7.33. The number of thiophene rings is 2. The van der Waals surface area contributed by atoms with Gasteiger partial charge in [0.15, 0.2) is 0 Å². The summed E-state index contributed by atoms with van der Waals surface area (Å²) in [5, 5.41) is 2.61. The van der Waals surface area contributed by atoms with Gasteiger partial charge in [0.1, 0.15) is 0 Å². The quantitative estimate of drug-likeness (QED) is 0.155. The summed E-state index contributed by atoms with van der Waals surface area (Å²) in [5.74, 6) is 0.259. The van der Waals surface area contributed by atoms with Crippen LogP contribution in [0, 0.1) is 0 Å². The fourth-order valence-electron chi connectivity index (χ4n) is 10.8. The molecule has 2 aliphatic rings. The summed E-state index contributed by atoms with van der Waals surface area (Å²) in [7, 11) is 0. The zero-order valence-corrected chi connectivity index (χ0v) is 36.0. The molecule has 3 aromatic heterocycles. The van der Waals surface area contributed by atoms with Crippen molar-refractivity contribution in [2.45, 2.75) is 17.8 Å². The molecule has 0 radical (unpaired) electrons. The van der Waals surface area contributed by atoms with Crippen molar-refractivity contribution in [3.63, 3.8) is 0 Å². The highest BCUT2D eigenvalue weighted by Crippen LogP contribution is 2.60. The van der Waals surface area contributed by atoms with Gasteiger partial charge in [0.2, 0.25) is 0 Å². The monoisotopic (exact) mass is 840 g/mol. The highest BCUT2D eigenvalue weighted by atomic mass is 32.1. The Bertz CT molecular complexity index is 3450. The lowest BCUT2D eigenvalue weighted by Crippen LogP contribution is -2.29. The van der Waals surface area contributed by atoms with Crippen LogP contribution in [0.1, 0.15) is 34.6 Å². The van der Waals surface area contributed by atoms with Crippen molar-refractivity contribution >= 4 is 80.3 Å². The number of rotatable bonds is 7. The van der Waals surface area contributed by atoms with Gasteiger partial charge >= 0.3 is 0 Å². The molecule has 1 unspecified atom stereocenters. The molecule has 1 atom stereocenters. The molecule has 11 aromatic rings. The molecule has 13 rings (SSSR count). The smallest absolute Gasteiger partial charge is 0.0736 e. The van der Waals surface area contributed by atoms with E-state index >= 15 is 0 Å². The highest BCUT2D eigenvalue weighted by Gasteiger charge is 2.50. The van der Waals surface area contributed by atoms with Crippen molar-refractivity contribution in [1.29, 1.82) is 0 Å². The van der Waals surface area contributed by atoms with E-state index in [0.717, 1.165) is 23.5 Å². The molecule has 0 aliphatic heterocycles. The van der Waals surface area contributed by atoms with Crippen molar-refractivity contribution in [3.8, 4) is 16.8 Å². The molecule has 8 aromatic carbocycles. The van der Waals surface area contributed by atoms with Gasteiger partial charge in [-0.25, -0.2) is 0 Å². The van der Waals surface area contributed by atoms with Crippen LogP contribution in [0.3, 0.4) is 0 Å². The number of nitrogens with zero attached hydrogens (tertiary/aromatic N) is 2. The third-order valence-corrected chi connectivity index (χ3v) is 16.0. The molecule has 3 heterocycles. The Kier molecular flexibility index (Phi) is 8.34. The van der Waals surface area contributed by atoms with Crippen LogP contribution in [0.2, 0.25) is 0 Å². The summed E-state index contributed by atoms with van der Waals surface area (Å²) in [6.07, 6.45) is 7.98. The first-order chi connectivity index (χ1) is 31.3. The van der Waals surface area contributed by atoms with Gasteiger partial charge < -0.3 is 9.47 Å². The van der Waals surface area contributed by atoms with E-state index in [4.69, 9.17) is 0 Å². The Morgan fingerprint density at radius 1 is 0.492 bits per heavy atom. The van der Waals surface area contributed by atoms with Crippen LogP contribution in [0.4, 0.5) is 17.1 Å². The van der Waals surface area contributed by atoms with Crippen LogP contribution in [-0.2, 0) is 5.41 Å². The number of aromatic nitrogens is 1. The zero-order valence-electron chi connectivity index (χ0n) is 34.4. The minimum Gasteiger partial charge on any atom is -0.310 e. The van der Waals surface area contributed by atoms with Crippen molar-refractivity contribution < 1.29 is 0 Å². The average molecular weight is 841 g/mol. The molecule has 0 fully saturated rings. The van der Waals surface area contributed by atoms with E-state index < -0.39 is 0 Å². The van der Waals surface area contributed by atoms with E-state index in [2.05, 4.69) is 234 Å². The van der Waals surface area contributed by atoms with Gasteiger partial charge in [-0.2, -0.15) is 0 Å². The van der Waals surface area contributed by atoms with Gasteiger partial charge in [-0.1, -0.05) is 164 Å². The first-order valence-electron chi connectivity index (χ1n) is 21.8. The summed E-state index contributed by atoms with van der Waals surface area (Å²) in [6.45, 7) is 0. The number of anilines is 3. The fraction of sp³-hybridized carbons (Fsp3) is 0.0508. The maximum atomic E-state index is 2.53. The molecule has 0 N–H and O–H groups in total. The molecule has 0 bridgehead atoms. The van der Waals surface area contributed by atoms with Crippen LogP contribution in [-0.4, -0.2) is 4.57 Å². The largest absolute Gasteiger partial charge is 0.310 e. The Morgan fingerprint density at radius 3 is 1.60 bits per heavy atom. The van der Waals surface area contributed by atoms with Gasteiger partial charge in [0.05, 0.1) is 25.8 Å². The second-order valence-electron chi connectivity index (χ2n) is 16.7. The number of benzene rings is 8. The molecular weight excluding hydrogens is 801 g/mol. The van der Waals surface area contributed by atoms with E-state index in [9.17, 15) is 0 Å². The minimum absolute atomic E-state index is 0.259. The standard InChI is InChI=1S/C59H40N2S2/c1-4-16-39(17-5-1)40-28-30-43(31-29-40)60(46-36-37-52-50(38-46)47-22-10-13-25-51(47)59(52,41-18-6-2-7-19-41)42-20-8-3-9-21-42)44-32-34-45(35-33-44)61-55-48-23-11-14-26-53(48)62-57(55)58-56(61)49-24-12-15-27-54(49)63-58/h1-21,23-38,47H,22H2. The van der Waals surface area contributed by atoms with E-state index in [1.165, 1.54) is 85.2 Å². The van der Waals surface area contributed by atoms with Crippen molar-refractivity contribution in [1.82, 2.24) is 4.57 Å². The summed E-state index contributed by atoms with van der Waals surface area (Å²) >= 11 is 3.82. The second kappa shape index (κ2) is 14.4. The predicted octanol–water partition coefficient (Wildman–Crippen LogP) is 16.7. The maximum Gasteiger partial charge on any atom is 0.0736 e. The van der Waals surface area contributed by atoms with Crippen LogP contribution >= 0.6 is 22.7 Å². The Hall–Kier alpha value is -7.24. The predicted molar refractivity (Wildman–Crippen MR) is 269 cm³/mol. The lowest BCUT2D eigenvalue weighted by atomic mass is 9.66. The first kappa shape index (κ1) is 36.4. The van der Waals surface area contributed by atoms with E-state index in [0.29, 0.717) is 0 Å². The van der Waals surface area contributed by atoms with E-state index in [1.807, 2.05) is 22.7 Å². The Balaban J connectivity index is 1.00. The van der Waals surface area contributed by atoms with Crippen LogP contribution in [0.5, 0.6) is 0 Å². The van der Waals surface area contributed by atoms with E-state index in [1.54, 1.807) is 0 Å². The molecule has 2 nitrogen and oxygen atoms in total. The normalized spacial score (nSPS) is 15.2. The molecule has 63 heavy (non-hydrogen) atoms. The third-order valence-electron chi connectivity index (χ3n) is 13.5. The van der Waals surface area contributed by atoms with Crippen molar-refractivity contribution in [3.05, 3.63) is 252 Å². The molecule has 0 saturated heterocycles. The van der Waals surface area contributed by atoms with Gasteiger partial charge in [-0.05, 0) is 106 Å². The maximum absolute atomic E-state index is 2.53. The van der Waals surface area contributed by atoms with Crippen LogP contribution in [0.15, 0.2) is 230 Å². The topological polar surface area (TPSA) is 8.17 Å². The summed E-state index contributed by atoms with van der Waals surface area (Å²) in [6, 6.07) is 76.4. The third kappa shape index (κ3) is 5.48. The van der Waals surface area contributed by atoms with Gasteiger partial charge in [0, 0.05) is 48.8 Å². The molecule has 4 heteroatoms. The summed E-state index contributed by atoms with van der Waals surface area (Å²) < 4.78 is 7.90. The minimum atomic E-state index is -0.388. The summed E-state index contributed by atoms with van der Waals surface area (Å²) in [4.78, 5) is 2.45. The lowest BCUT2D eigenvalue weighted by Gasteiger charge is -2.36. The Labute approximate surface area is 374 Å². The van der Waals surface area contributed by atoms with Crippen molar-refractivity contribution in [2.24, 2.45) is 0 Å². The molecule has 0 amide bonds. The molecular formula is C59H40N2S2. The molecule has 2 aliphatic carbocycles. The number of hydrogen-bond donors (Lipinski definition) is 0. The van der Waals surface area contributed by atoms with Crippen LogP contribution in [0.25, 0.3) is 57.4 Å². The van der Waals surface area contributed by atoms with Gasteiger partial charge in [-0.3, -0.25) is 0 Å². The van der Waals surface area contributed by atoms with Gasteiger partial charge in [-0.15, -0.1) is 22.7 Å². The number of hydrogen-bond acceptors (Lipinski definition) is 3. The Morgan fingerprint density at radius 2 is 1.00 bits per heavy atom. The fourth-order valence-corrected chi connectivity index (χ4v) is 13.3. The van der Waals surface area contributed by atoms with E-state index in [-0.39, 0.29) is 11.3 Å².